The van der Waals surface area contributed by atoms with Gasteiger partial charge in [0.2, 0.25) is 0 Å². The van der Waals surface area contributed by atoms with Crippen LogP contribution >= 0.6 is 0 Å². The first-order valence-corrected chi connectivity index (χ1v) is 13.8. The number of para-hydroxylation sites is 1. The van der Waals surface area contributed by atoms with Gasteiger partial charge in [-0.2, -0.15) is 0 Å². The first-order valence-electron chi connectivity index (χ1n) is 13.8. The van der Waals surface area contributed by atoms with Gasteiger partial charge in [-0.05, 0) is 110 Å². The van der Waals surface area contributed by atoms with E-state index in [-0.39, 0.29) is 0 Å². The maximum absolute atomic E-state index is 5.11. The number of aromatic nitrogens is 1. The van der Waals surface area contributed by atoms with Crippen molar-refractivity contribution in [1.82, 2.24) is 4.98 Å². The SMILES string of the molecule is CC(C)=CCC/C(C)=C/CC(CC/C(C)=C/Cc1cc2ccccc2nc1-c1ccccc1C)=C(C)C. The van der Waals surface area contributed by atoms with Crippen molar-refractivity contribution in [2.45, 2.75) is 87.0 Å². The second-order valence-corrected chi connectivity index (χ2v) is 10.9. The van der Waals surface area contributed by atoms with Crippen LogP contribution in [-0.2, 0) is 6.42 Å². The Bertz CT molecular complexity index is 1320. The third-order valence-corrected chi connectivity index (χ3v) is 7.19. The number of hydrogen-bond acceptors (Lipinski definition) is 1. The summed E-state index contributed by atoms with van der Waals surface area (Å²) < 4.78 is 0. The van der Waals surface area contributed by atoms with E-state index in [0.29, 0.717) is 0 Å². The van der Waals surface area contributed by atoms with E-state index in [2.05, 4.69) is 121 Å². The second kappa shape index (κ2) is 13.9. The monoisotopic (exact) mass is 491 g/mol. The number of aryl methyl sites for hydroxylation is 1. The quantitative estimate of drug-likeness (QED) is 0.243. The fraction of sp³-hybridized carbons (Fsp3) is 0.361. The van der Waals surface area contributed by atoms with Crippen molar-refractivity contribution in [3.8, 4) is 11.3 Å². The summed E-state index contributed by atoms with van der Waals surface area (Å²) in [5, 5.41) is 1.21. The van der Waals surface area contributed by atoms with E-state index in [0.717, 1.165) is 49.7 Å². The molecule has 194 valence electrons. The minimum atomic E-state index is 0.904. The Kier molecular flexibility index (Phi) is 10.7. The molecule has 0 radical (unpaired) electrons. The molecular formula is C36H45N. The number of nitrogens with zero attached hydrogens (tertiary/aromatic N) is 1. The lowest BCUT2D eigenvalue weighted by Crippen LogP contribution is -1.96. The van der Waals surface area contributed by atoms with Gasteiger partial charge < -0.3 is 0 Å². The first kappa shape index (κ1) is 28.4. The summed E-state index contributed by atoms with van der Waals surface area (Å²) in [5.41, 5.74) is 13.3. The summed E-state index contributed by atoms with van der Waals surface area (Å²) in [6.45, 7) is 15.6. The Labute approximate surface area is 225 Å². The first-order chi connectivity index (χ1) is 17.7. The molecule has 3 aromatic rings. The number of allylic oxidation sites excluding steroid dienone is 8. The maximum Gasteiger partial charge on any atom is 0.0747 e. The van der Waals surface area contributed by atoms with Gasteiger partial charge in [0.05, 0.1) is 11.2 Å². The summed E-state index contributed by atoms with van der Waals surface area (Å²) in [7, 11) is 0. The van der Waals surface area contributed by atoms with E-state index in [9.17, 15) is 0 Å². The Morgan fingerprint density at radius 3 is 2.19 bits per heavy atom. The van der Waals surface area contributed by atoms with Crippen LogP contribution in [0, 0.1) is 6.92 Å². The summed E-state index contributed by atoms with van der Waals surface area (Å²) in [5.74, 6) is 0. The number of rotatable bonds is 11. The smallest absolute Gasteiger partial charge is 0.0747 e. The van der Waals surface area contributed by atoms with Crippen molar-refractivity contribution in [3.05, 3.63) is 112 Å². The van der Waals surface area contributed by atoms with Gasteiger partial charge in [0, 0.05) is 10.9 Å². The van der Waals surface area contributed by atoms with Gasteiger partial charge in [0.15, 0.2) is 0 Å². The Hall–Kier alpha value is -3.19. The van der Waals surface area contributed by atoms with E-state index in [4.69, 9.17) is 4.98 Å². The van der Waals surface area contributed by atoms with Crippen molar-refractivity contribution < 1.29 is 0 Å². The number of pyridine rings is 1. The lowest BCUT2D eigenvalue weighted by Gasteiger charge is -2.13. The lowest BCUT2D eigenvalue weighted by molar-refractivity contribution is 0.866. The van der Waals surface area contributed by atoms with E-state index in [1.807, 2.05) is 0 Å². The van der Waals surface area contributed by atoms with Crippen LogP contribution in [0.3, 0.4) is 0 Å². The van der Waals surface area contributed by atoms with Crippen LogP contribution in [-0.4, -0.2) is 4.98 Å². The highest BCUT2D eigenvalue weighted by Gasteiger charge is 2.11. The van der Waals surface area contributed by atoms with Gasteiger partial charge in [-0.3, -0.25) is 0 Å². The molecular weight excluding hydrogens is 446 g/mol. The molecule has 0 aliphatic heterocycles. The molecule has 1 heterocycles. The van der Waals surface area contributed by atoms with E-state index in [1.165, 1.54) is 44.4 Å². The van der Waals surface area contributed by atoms with Crippen molar-refractivity contribution >= 4 is 10.9 Å². The van der Waals surface area contributed by atoms with Crippen LogP contribution in [0.15, 0.2) is 101 Å². The third-order valence-electron chi connectivity index (χ3n) is 7.19. The predicted molar refractivity (Wildman–Crippen MR) is 164 cm³/mol. The van der Waals surface area contributed by atoms with Crippen LogP contribution in [0.1, 0.15) is 84.8 Å². The molecule has 3 rings (SSSR count). The van der Waals surface area contributed by atoms with Gasteiger partial charge in [0.25, 0.3) is 0 Å². The van der Waals surface area contributed by atoms with Gasteiger partial charge in [-0.25, -0.2) is 4.98 Å². The standard InChI is InChI=1S/C36H45N/c1-26(2)13-12-14-28(5)19-22-31(27(3)4)23-20-29(6)21-24-33-25-32-16-9-11-18-35(32)37-36(33)34-17-10-8-15-30(34)7/h8-11,13,15-19,21,25H,12,14,20,22-24H2,1-7H3/b28-19+,29-21+. The zero-order valence-electron chi connectivity index (χ0n) is 24.1. The molecule has 1 aromatic heterocycles. The molecule has 0 spiro atoms. The van der Waals surface area contributed by atoms with Crippen molar-refractivity contribution in [3.63, 3.8) is 0 Å². The maximum atomic E-state index is 5.11. The summed E-state index contributed by atoms with van der Waals surface area (Å²) in [6, 6.07) is 19.4. The minimum absolute atomic E-state index is 0.904. The molecule has 0 bridgehead atoms. The summed E-state index contributed by atoms with van der Waals surface area (Å²) in [4.78, 5) is 5.11. The molecule has 2 aromatic carbocycles. The van der Waals surface area contributed by atoms with Gasteiger partial charge in [0.1, 0.15) is 0 Å². The molecule has 0 fully saturated rings. The Balaban J connectivity index is 1.72. The van der Waals surface area contributed by atoms with Crippen molar-refractivity contribution in [2.75, 3.05) is 0 Å². The molecule has 0 amide bonds. The van der Waals surface area contributed by atoms with Crippen LogP contribution < -0.4 is 0 Å². The topological polar surface area (TPSA) is 12.9 Å². The van der Waals surface area contributed by atoms with E-state index >= 15 is 0 Å². The highest BCUT2D eigenvalue weighted by Crippen LogP contribution is 2.29. The van der Waals surface area contributed by atoms with Crippen molar-refractivity contribution in [1.29, 1.82) is 0 Å². The molecule has 0 aliphatic carbocycles. The molecule has 37 heavy (non-hydrogen) atoms. The third kappa shape index (κ3) is 8.71. The Morgan fingerprint density at radius 1 is 0.757 bits per heavy atom. The molecule has 0 atom stereocenters. The highest BCUT2D eigenvalue weighted by atomic mass is 14.7. The largest absolute Gasteiger partial charge is 0.247 e. The molecule has 0 N–H and O–H groups in total. The number of fused-ring (bicyclic) bond motifs is 1. The second-order valence-electron chi connectivity index (χ2n) is 10.9. The van der Waals surface area contributed by atoms with E-state index in [1.54, 1.807) is 5.57 Å². The number of benzene rings is 2. The molecule has 0 unspecified atom stereocenters. The minimum Gasteiger partial charge on any atom is -0.247 e. The molecule has 0 saturated heterocycles. The molecule has 0 aliphatic rings. The average molecular weight is 492 g/mol. The molecule has 1 nitrogen and oxygen atoms in total. The fourth-order valence-corrected chi connectivity index (χ4v) is 4.67. The van der Waals surface area contributed by atoms with Crippen LogP contribution in [0.5, 0.6) is 0 Å². The number of hydrogen-bond donors (Lipinski definition) is 0. The average Bonchev–Trinajstić information content (AvgIpc) is 2.86. The van der Waals surface area contributed by atoms with Gasteiger partial charge in [-0.1, -0.05) is 88.6 Å². The summed E-state index contributed by atoms with van der Waals surface area (Å²) >= 11 is 0. The molecule has 1 heteroatoms. The highest BCUT2D eigenvalue weighted by molar-refractivity contribution is 5.84. The van der Waals surface area contributed by atoms with Crippen LogP contribution in [0.25, 0.3) is 22.2 Å². The van der Waals surface area contributed by atoms with Gasteiger partial charge >= 0.3 is 0 Å². The predicted octanol–water partition coefficient (Wildman–Crippen LogP) is 10.9. The fourth-order valence-electron chi connectivity index (χ4n) is 4.67. The van der Waals surface area contributed by atoms with Crippen LogP contribution in [0.4, 0.5) is 0 Å². The zero-order valence-corrected chi connectivity index (χ0v) is 24.1. The molecule has 0 saturated carbocycles. The van der Waals surface area contributed by atoms with Crippen LogP contribution in [0.2, 0.25) is 0 Å². The zero-order chi connectivity index (χ0) is 26.8. The van der Waals surface area contributed by atoms with Gasteiger partial charge in [-0.15, -0.1) is 0 Å². The lowest BCUT2D eigenvalue weighted by atomic mass is 9.95. The normalized spacial score (nSPS) is 12.1. The van der Waals surface area contributed by atoms with E-state index < -0.39 is 0 Å². The summed E-state index contributed by atoms with van der Waals surface area (Å²) in [6.07, 6.45) is 13.7. The Morgan fingerprint density at radius 2 is 1.46 bits per heavy atom. The van der Waals surface area contributed by atoms with Crippen molar-refractivity contribution in [2.24, 2.45) is 0 Å².